The number of nitrogens with one attached hydrogen (secondary N) is 1. The number of rotatable bonds is 5. The molecule has 1 aromatic carbocycles. The van der Waals surface area contributed by atoms with E-state index in [0.717, 1.165) is 10.9 Å². The van der Waals surface area contributed by atoms with Crippen LogP contribution in [0.25, 0.3) is 0 Å². The van der Waals surface area contributed by atoms with Gasteiger partial charge >= 0.3 is 0 Å². The fraction of sp³-hybridized carbons (Fsp3) is 0.286. The molecule has 0 spiro atoms. The minimum absolute atomic E-state index is 0.249. The summed E-state index contributed by atoms with van der Waals surface area (Å²) < 4.78 is 26.5. The van der Waals surface area contributed by atoms with Crippen molar-refractivity contribution in [1.82, 2.24) is 5.32 Å². The maximum atomic E-state index is 13.3. The van der Waals surface area contributed by atoms with E-state index in [1.807, 2.05) is 17.5 Å². The Morgan fingerprint density at radius 1 is 1.26 bits per heavy atom. The first-order valence-electron chi connectivity index (χ1n) is 5.88. The molecule has 5 heteroatoms. The standard InChI is InChI=1S/C14H15F2NOS/c1-14(9-18,17-8-13-3-2-4-19-13)10-5-11(15)7-12(16)6-10/h2-7,17-18H,8-9H2,1H3. The molecule has 0 amide bonds. The van der Waals surface area contributed by atoms with Crippen LogP contribution in [0.5, 0.6) is 0 Å². The van der Waals surface area contributed by atoms with Crippen LogP contribution in [0, 0.1) is 11.6 Å². The highest BCUT2D eigenvalue weighted by molar-refractivity contribution is 7.09. The van der Waals surface area contributed by atoms with E-state index in [-0.39, 0.29) is 6.61 Å². The molecule has 0 saturated carbocycles. The molecule has 2 aromatic rings. The Hall–Kier alpha value is -1.30. The summed E-state index contributed by atoms with van der Waals surface area (Å²) in [6.45, 7) is 2.00. The molecular weight excluding hydrogens is 268 g/mol. The van der Waals surface area contributed by atoms with Gasteiger partial charge in [-0.2, -0.15) is 0 Å². The molecule has 0 aliphatic carbocycles. The van der Waals surface area contributed by atoms with Crippen molar-refractivity contribution in [3.05, 3.63) is 57.8 Å². The maximum absolute atomic E-state index is 13.3. The van der Waals surface area contributed by atoms with Crippen molar-refractivity contribution >= 4 is 11.3 Å². The van der Waals surface area contributed by atoms with Crippen molar-refractivity contribution in [3.8, 4) is 0 Å². The van der Waals surface area contributed by atoms with Crippen LogP contribution in [0.4, 0.5) is 8.78 Å². The predicted molar refractivity (Wildman–Crippen MR) is 72.0 cm³/mol. The van der Waals surface area contributed by atoms with Gasteiger partial charge in [0.1, 0.15) is 11.6 Å². The van der Waals surface area contributed by atoms with Gasteiger partial charge < -0.3 is 10.4 Å². The number of halogens is 2. The summed E-state index contributed by atoms with van der Waals surface area (Å²) in [5, 5.41) is 14.6. The number of thiophene rings is 1. The summed E-state index contributed by atoms with van der Waals surface area (Å²) >= 11 is 1.58. The Balaban J connectivity index is 2.20. The lowest BCUT2D eigenvalue weighted by atomic mass is 9.92. The lowest BCUT2D eigenvalue weighted by Gasteiger charge is -2.29. The van der Waals surface area contributed by atoms with Crippen LogP contribution in [-0.2, 0) is 12.1 Å². The van der Waals surface area contributed by atoms with Crippen LogP contribution >= 0.6 is 11.3 Å². The number of benzene rings is 1. The van der Waals surface area contributed by atoms with Gasteiger partial charge in [-0.05, 0) is 36.1 Å². The normalized spacial score (nSPS) is 14.3. The van der Waals surface area contributed by atoms with E-state index in [4.69, 9.17) is 0 Å². The summed E-state index contributed by atoms with van der Waals surface area (Å²) in [5.74, 6) is -1.29. The number of hydrogen-bond donors (Lipinski definition) is 2. The summed E-state index contributed by atoms with van der Waals surface area (Å²) in [6, 6.07) is 7.18. The molecular formula is C14H15F2NOS. The highest BCUT2D eigenvalue weighted by Gasteiger charge is 2.26. The van der Waals surface area contributed by atoms with Crippen molar-refractivity contribution in [2.45, 2.75) is 19.0 Å². The summed E-state index contributed by atoms with van der Waals surface area (Å²) in [6.07, 6.45) is 0. The van der Waals surface area contributed by atoms with E-state index >= 15 is 0 Å². The second-order valence-electron chi connectivity index (χ2n) is 4.58. The van der Waals surface area contributed by atoms with Crippen LogP contribution in [0.1, 0.15) is 17.4 Å². The molecule has 0 bridgehead atoms. The third-order valence-corrected chi connectivity index (χ3v) is 3.93. The average Bonchev–Trinajstić information content (AvgIpc) is 2.88. The third-order valence-electron chi connectivity index (χ3n) is 3.05. The quantitative estimate of drug-likeness (QED) is 0.884. The van der Waals surface area contributed by atoms with Gasteiger partial charge in [-0.25, -0.2) is 8.78 Å². The zero-order valence-electron chi connectivity index (χ0n) is 10.5. The Morgan fingerprint density at radius 3 is 2.47 bits per heavy atom. The van der Waals surface area contributed by atoms with E-state index in [9.17, 15) is 13.9 Å². The molecule has 1 heterocycles. The lowest BCUT2D eigenvalue weighted by molar-refractivity contribution is 0.173. The summed E-state index contributed by atoms with van der Waals surface area (Å²) in [7, 11) is 0. The first kappa shape index (κ1) is 14.1. The smallest absolute Gasteiger partial charge is 0.126 e. The van der Waals surface area contributed by atoms with Gasteiger partial charge in [-0.1, -0.05) is 6.07 Å². The van der Waals surface area contributed by atoms with E-state index < -0.39 is 17.2 Å². The van der Waals surface area contributed by atoms with E-state index in [0.29, 0.717) is 12.1 Å². The molecule has 2 nitrogen and oxygen atoms in total. The van der Waals surface area contributed by atoms with Gasteiger partial charge in [0.25, 0.3) is 0 Å². The first-order chi connectivity index (χ1) is 9.03. The van der Waals surface area contributed by atoms with Crippen LogP contribution in [0.3, 0.4) is 0 Å². The Bertz CT molecular complexity index is 524. The second kappa shape index (κ2) is 5.77. The highest BCUT2D eigenvalue weighted by atomic mass is 32.1. The van der Waals surface area contributed by atoms with Crippen LogP contribution in [-0.4, -0.2) is 11.7 Å². The van der Waals surface area contributed by atoms with Crippen LogP contribution in [0.15, 0.2) is 35.7 Å². The van der Waals surface area contributed by atoms with Gasteiger partial charge in [0.05, 0.1) is 12.1 Å². The molecule has 2 rings (SSSR count). The molecule has 0 saturated heterocycles. The molecule has 1 atom stereocenters. The molecule has 1 aromatic heterocycles. The Morgan fingerprint density at radius 2 is 1.95 bits per heavy atom. The summed E-state index contributed by atoms with van der Waals surface area (Å²) in [5.41, 5.74) is -0.489. The lowest BCUT2D eigenvalue weighted by Crippen LogP contribution is -2.42. The van der Waals surface area contributed by atoms with Crippen molar-refractivity contribution < 1.29 is 13.9 Å². The Labute approximate surface area is 114 Å². The number of aliphatic hydroxyl groups excluding tert-OH is 1. The molecule has 0 aliphatic rings. The molecule has 0 fully saturated rings. The zero-order valence-corrected chi connectivity index (χ0v) is 11.3. The number of hydrogen-bond acceptors (Lipinski definition) is 3. The second-order valence-corrected chi connectivity index (χ2v) is 5.61. The highest BCUT2D eigenvalue weighted by Crippen LogP contribution is 2.23. The van der Waals surface area contributed by atoms with Crippen LogP contribution < -0.4 is 5.32 Å². The number of aliphatic hydroxyl groups is 1. The van der Waals surface area contributed by atoms with Crippen LogP contribution in [0.2, 0.25) is 0 Å². The van der Waals surface area contributed by atoms with Gasteiger partial charge in [0, 0.05) is 17.5 Å². The zero-order chi connectivity index (χ0) is 13.9. The summed E-state index contributed by atoms with van der Waals surface area (Å²) in [4.78, 5) is 1.09. The van der Waals surface area contributed by atoms with E-state index in [1.165, 1.54) is 12.1 Å². The van der Waals surface area contributed by atoms with Gasteiger partial charge in [0.15, 0.2) is 0 Å². The monoisotopic (exact) mass is 283 g/mol. The minimum Gasteiger partial charge on any atom is -0.394 e. The van der Waals surface area contributed by atoms with Gasteiger partial charge in [-0.15, -0.1) is 11.3 Å². The molecule has 0 aliphatic heterocycles. The predicted octanol–water partition coefficient (Wildman–Crippen LogP) is 3.02. The van der Waals surface area contributed by atoms with Gasteiger partial charge in [0.2, 0.25) is 0 Å². The fourth-order valence-corrected chi connectivity index (χ4v) is 2.46. The minimum atomic E-state index is -0.882. The molecule has 0 radical (unpaired) electrons. The maximum Gasteiger partial charge on any atom is 0.126 e. The fourth-order valence-electron chi connectivity index (χ4n) is 1.82. The van der Waals surface area contributed by atoms with Gasteiger partial charge in [-0.3, -0.25) is 0 Å². The molecule has 19 heavy (non-hydrogen) atoms. The third kappa shape index (κ3) is 3.37. The van der Waals surface area contributed by atoms with Crippen molar-refractivity contribution in [1.29, 1.82) is 0 Å². The average molecular weight is 283 g/mol. The Kier molecular flexibility index (Phi) is 4.29. The van der Waals surface area contributed by atoms with Crippen molar-refractivity contribution in [2.75, 3.05) is 6.61 Å². The SMILES string of the molecule is CC(CO)(NCc1cccs1)c1cc(F)cc(F)c1. The molecule has 102 valence electrons. The van der Waals surface area contributed by atoms with E-state index in [2.05, 4.69) is 5.32 Å². The topological polar surface area (TPSA) is 32.3 Å². The largest absolute Gasteiger partial charge is 0.394 e. The van der Waals surface area contributed by atoms with E-state index in [1.54, 1.807) is 18.3 Å². The first-order valence-corrected chi connectivity index (χ1v) is 6.76. The molecule has 2 N–H and O–H groups in total. The van der Waals surface area contributed by atoms with Crippen molar-refractivity contribution in [2.24, 2.45) is 0 Å². The van der Waals surface area contributed by atoms with Crippen molar-refractivity contribution in [3.63, 3.8) is 0 Å². The molecule has 1 unspecified atom stereocenters.